The van der Waals surface area contributed by atoms with Crippen LogP contribution in [0.4, 0.5) is 11.5 Å². The van der Waals surface area contributed by atoms with Gasteiger partial charge in [-0.3, -0.25) is 9.59 Å². The minimum absolute atomic E-state index is 0.384. The Kier molecular flexibility index (Phi) is 3.75. The van der Waals surface area contributed by atoms with E-state index in [9.17, 15) is 9.59 Å². The number of fused-ring (bicyclic) bond motifs is 1. The Morgan fingerprint density at radius 2 is 1.92 bits per heavy atom. The van der Waals surface area contributed by atoms with E-state index < -0.39 is 17.4 Å². The molecule has 6 heteroatoms. The summed E-state index contributed by atoms with van der Waals surface area (Å²) in [6, 6.07) is 9.06. The highest BCUT2D eigenvalue weighted by molar-refractivity contribution is 6.19. The van der Waals surface area contributed by atoms with E-state index in [1.165, 1.54) is 11.8 Å². The third-order valence-electron chi connectivity index (χ3n) is 4.09. The van der Waals surface area contributed by atoms with Gasteiger partial charge in [-0.1, -0.05) is 6.07 Å². The summed E-state index contributed by atoms with van der Waals surface area (Å²) in [5.41, 5.74) is 0.967. The summed E-state index contributed by atoms with van der Waals surface area (Å²) in [4.78, 5) is 31.0. The van der Waals surface area contributed by atoms with Crippen LogP contribution >= 0.6 is 0 Å². The number of benzene rings is 1. The van der Waals surface area contributed by atoms with Gasteiger partial charge in [-0.25, -0.2) is 4.98 Å². The second-order valence-electron chi connectivity index (χ2n) is 6.14. The van der Waals surface area contributed by atoms with E-state index in [1.54, 1.807) is 25.4 Å². The molecule has 0 saturated carbocycles. The first kappa shape index (κ1) is 16.0. The van der Waals surface area contributed by atoms with Crippen LogP contribution in [0.2, 0.25) is 0 Å². The van der Waals surface area contributed by atoms with Gasteiger partial charge in [-0.05, 0) is 56.2 Å². The van der Waals surface area contributed by atoms with Crippen molar-refractivity contribution < 1.29 is 14.3 Å². The number of nitrogens with zero attached hydrogens (tertiary/aromatic N) is 2. The number of nitrogens with one attached hydrogen (secondary N) is 1. The van der Waals surface area contributed by atoms with E-state index in [-0.39, 0.29) is 0 Å². The first-order valence-electron chi connectivity index (χ1n) is 7.63. The quantitative estimate of drug-likeness (QED) is 0.861. The van der Waals surface area contributed by atoms with Crippen molar-refractivity contribution in [3.8, 4) is 5.75 Å². The molecule has 1 atom stereocenters. The molecule has 2 heterocycles. The Morgan fingerprint density at radius 1 is 1.21 bits per heavy atom. The standard InChI is InChI=1S/C18H19N3O3/c1-11-5-6-14-13(9-11)21(4)17(23)18(3,24-14)16(22)20-15-10-12(2)7-8-19-15/h5-10H,1-4H3,(H,19,20,22). The van der Waals surface area contributed by atoms with Crippen molar-refractivity contribution in [1.82, 2.24) is 4.98 Å². The van der Waals surface area contributed by atoms with Gasteiger partial charge in [-0.15, -0.1) is 0 Å². The van der Waals surface area contributed by atoms with E-state index in [0.29, 0.717) is 17.3 Å². The topological polar surface area (TPSA) is 71.5 Å². The lowest BCUT2D eigenvalue weighted by molar-refractivity contribution is -0.144. The Bertz CT molecular complexity index is 834. The minimum atomic E-state index is -1.65. The van der Waals surface area contributed by atoms with Crippen molar-refractivity contribution in [1.29, 1.82) is 0 Å². The molecule has 1 aromatic heterocycles. The van der Waals surface area contributed by atoms with Gasteiger partial charge in [0.25, 0.3) is 17.4 Å². The van der Waals surface area contributed by atoms with Crippen molar-refractivity contribution in [2.75, 3.05) is 17.3 Å². The lowest BCUT2D eigenvalue weighted by Crippen LogP contribution is -2.59. The van der Waals surface area contributed by atoms with E-state index in [1.807, 2.05) is 32.0 Å². The van der Waals surface area contributed by atoms with Gasteiger partial charge in [0.15, 0.2) is 0 Å². The molecule has 6 nitrogen and oxygen atoms in total. The molecule has 1 aliphatic heterocycles. The molecular weight excluding hydrogens is 306 g/mol. The lowest BCUT2D eigenvalue weighted by atomic mass is 10.00. The summed E-state index contributed by atoms with van der Waals surface area (Å²) in [5.74, 6) is -0.0954. The SMILES string of the molecule is Cc1ccnc(NC(=O)C2(C)Oc3ccc(C)cc3N(C)C2=O)c1. The molecule has 2 aromatic rings. The van der Waals surface area contributed by atoms with Crippen LogP contribution < -0.4 is 15.0 Å². The van der Waals surface area contributed by atoms with Crippen molar-refractivity contribution in [3.63, 3.8) is 0 Å². The summed E-state index contributed by atoms with van der Waals surface area (Å²) in [6.45, 7) is 5.30. The Morgan fingerprint density at radius 3 is 2.62 bits per heavy atom. The Balaban J connectivity index is 1.93. The first-order chi connectivity index (χ1) is 11.3. The van der Waals surface area contributed by atoms with Crippen LogP contribution in [0, 0.1) is 13.8 Å². The molecule has 0 bridgehead atoms. The zero-order valence-corrected chi connectivity index (χ0v) is 14.1. The summed E-state index contributed by atoms with van der Waals surface area (Å²) in [5, 5.41) is 2.66. The van der Waals surface area contributed by atoms with Crippen LogP contribution in [-0.2, 0) is 9.59 Å². The molecule has 124 valence electrons. The predicted molar refractivity (Wildman–Crippen MR) is 91.2 cm³/mol. The van der Waals surface area contributed by atoms with Crippen molar-refractivity contribution in [3.05, 3.63) is 47.7 Å². The smallest absolute Gasteiger partial charge is 0.280 e. The van der Waals surface area contributed by atoms with E-state index >= 15 is 0 Å². The molecule has 1 unspecified atom stereocenters. The average Bonchev–Trinajstić information content (AvgIpc) is 2.54. The third-order valence-corrected chi connectivity index (χ3v) is 4.09. The zero-order valence-electron chi connectivity index (χ0n) is 14.1. The van der Waals surface area contributed by atoms with Gasteiger partial charge in [0, 0.05) is 13.2 Å². The zero-order chi connectivity index (χ0) is 17.5. The number of rotatable bonds is 2. The largest absolute Gasteiger partial charge is 0.465 e. The third kappa shape index (κ3) is 2.60. The maximum absolute atomic E-state index is 12.7. The van der Waals surface area contributed by atoms with Gasteiger partial charge >= 0.3 is 0 Å². The normalized spacial score (nSPS) is 19.5. The van der Waals surface area contributed by atoms with Crippen molar-refractivity contribution in [2.45, 2.75) is 26.4 Å². The Labute approximate surface area is 140 Å². The van der Waals surface area contributed by atoms with Gasteiger partial charge in [0.1, 0.15) is 11.6 Å². The van der Waals surface area contributed by atoms with Crippen LogP contribution in [0.3, 0.4) is 0 Å². The maximum atomic E-state index is 12.7. The van der Waals surface area contributed by atoms with E-state index in [2.05, 4.69) is 10.3 Å². The van der Waals surface area contributed by atoms with Gasteiger partial charge in [0.05, 0.1) is 5.69 Å². The number of anilines is 2. The van der Waals surface area contributed by atoms with E-state index in [0.717, 1.165) is 11.1 Å². The number of ether oxygens (including phenoxy) is 1. The first-order valence-corrected chi connectivity index (χ1v) is 7.63. The summed E-state index contributed by atoms with van der Waals surface area (Å²) < 4.78 is 5.79. The highest BCUT2D eigenvalue weighted by Gasteiger charge is 2.49. The molecule has 0 aliphatic carbocycles. The highest BCUT2D eigenvalue weighted by atomic mass is 16.5. The second-order valence-corrected chi connectivity index (χ2v) is 6.14. The highest BCUT2D eigenvalue weighted by Crippen LogP contribution is 2.38. The molecule has 0 saturated heterocycles. The molecule has 0 radical (unpaired) electrons. The van der Waals surface area contributed by atoms with Crippen molar-refractivity contribution in [2.24, 2.45) is 0 Å². The molecule has 0 spiro atoms. The monoisotopic (exact) mass is 325 g/mol. The summed E-state index contributed by atoms with van der Waals surface area (Å²) >= 11 is 0. The summed E-state index contributed by atoms with van der Waals surface area (Å²) in [6.07, 6.45) is 1.60. The molecule has 2 amide bonds. The molecule has 1 aromatic carbocycles. The van der Waals surface area contributed by atoms with Crippen LogP contribution in [0.15, 0.2) is 36.5 Å². The summed E-state index contributed by atoms with van der Waals surface area (Å²) in [7, 11) is 1.64. The fourth-order valence-electron chi connectivity index (χ4n) is 2.65. The van der Waals surface area contributed by atoms with Crippen molar-refractivity contribution >= 4 is 23.3 Å². The van der Waals surface area contributed by atoms with E-state index in [4.69, 9.17) is 4.74 Å². The maximum Gasteiger partial charge on any atom is 0.280 e. The predicted octanol–water partition coefficient (Wildman–Crippen LogP) is 2.45. The number of amides is 2. The number of hydrogen-bond donors (Lipinski definition) is 1. The average molecular weight is 325 g/mol. The fourth-order valence-corrected chi connectivity index (χ4v) is 2.65. The fraction of sp³-hybridized carbons (Fsp3) is 0.278. The van der Waals surface area contributed by atoms with Crippen LogP contribution in [-0.4, -0.2) is 29.4 Å². The number of pyridine rings is 1. The van der Waals surface area contributed by atoms with Crippen LogP contribution in [0.5, 0.6) is 5.75 Å². The lowest BCUT2D eigenvalue weighted by Gasteiger charge is -2.37. The van der Waals surface area contributed by atoms with Gasteiger partial charge < -0.3 is 15.0 Å². The molecular formula is C18H19N3O3. The number of aromatic nitrogens is 1. The van der Waals surface area contributed by atoms with Gasteiger partial charge in [0.2, 0.25) is 0 Å². The van der Waals surface area contributed by atoms with Crippen LogP contribution in [0.1, 0.15) is 18.1 Å². The molecule has 0 fully saturated rings. The van der Waals surface area contributed by atoms with Gasteiger partial charge in [-0.2, -0.15) is 0 Å². The van der Waals surface area contributed by atoms with Crippen LogP contribution in [0.25, 0.3) is 0 Å². The molecule has 1 N–H and O–H groups in total. The Hall–Kier alpha value is -2.89. The number of likely N-dealkylation sites (N-methyl/N-ethyl adjacent to an activating group) is 1. The minimum Gasteiger partial charge on any atom is -0.465 e. The second kappa shape index (κ2) is 5.63. The number of hydrogen-bond acceptors (Lipinski definition) is 4. The molecule has 24 heavy (non-hydrogen) atoms. The number of carbonyl (C=O) groups is 2. The number of aryl methyl sites for hydroxylation is 2. The molecule has 3 rings (SSSR count). The molecule has 1 aliphatic rings. The number of carbonyl (C=O) groups excluding carboxylic acids is 2.